The van der Waals surface area contributed by atoms with Crippen LogP contribution in [0.15, 0.2) is 10.9 Å². The van der Waals surface area contributed by atoms with Crippen molar-refractivity contribution in [2.24, 2.45) is 0 Å². The van der Waals surface area contributed by atoms with Crippen molar-refractivity contribution in [2.45, 2.75) is 39.5 Å². The molecule has 1 aromatic heterocycles. The fourth-order valence-electron chi connectivity index (χ4n) is 1.23. The molecule has 0 aliphatic rings. The highest BCUT2D eigenvalue weighted by molar-refractivity contribution is 5.33. The first kappa shape index (κ1) is 11.8. The van der Waals surface area contributed by atoms with Gasteiger partial charge in [0.15, 0.2) is 0 Å². The second-order valence-electron chi connectivity index (χ2n) is 3.95. The van der Waals surface area contributed by atoms with Crippen molar-refractivity contribution in [3.63, 3.8) is 0 Å². The molecule has 1 heterocycles. The van der Waals surface area contributed by atoms with Gasteiger partial charge in [-0.25, -0.2) is 4.98 Å². The lowest BCUT2D eigenvalue weighted by atomic mass is 10.2. The minimum absolute atomic E-state index is 0.0901. The molecule has 4 nitrogen and oxygen atoms in total. The molecule has 0 spiro atoms. The number of aromatic amines is 1. The number of hydrogen-bond donors (Lipinski definition) is 2. The predicted molar refractivity (Wildman–Crippen MR) is 62.3 cm³/mol. The van der Waals surface area contributed by atoms with Crippen LogP contribution in [0.25, 0.3) is 0 Å². The van der Waals surface area contributed by atoms with Gasteiger partial charge in [-0.15, -0.1) is 0 Å². The Hall–Kier alpha value is -1.32. The molecule has 0 bridgehead atoms. The van der Waals surface area contributed by atoms with Crippen LogP contribution in [0.3, 0.4) is 0 Å². The van der Waals surface area contributed by atoms with Gasteiger partial charge in [-0.1, -0.05) is 27.2 Å². The largest absolute Gasteiger partial charge is 0.370 e. The van der Waals surface area contributed by atoms with Gasteiger partial charge < -0.3 is 10.3 Å². The van der Waals surface area contributed by atoms with E-state index in [0.717, 1.165) is 25.2 Å². The van der Waals surface area contributed by atoms with E-state index in [1.54, 1.807) is 0 Å². The van der Waals surface area contributed by atoms with E-state index in [0.29, 0.717) is 5.82 Å². The van der Waals surface area contributed by atoms with Gasteiger partial charge in [0.2, 0.25) is 0 Å². The SMILES string of the molecule is CCCCNc1cc(=O)[nH]c(C(C)C)n1. The van der Waals surface area contributed by atoms with Gasteiger partial charge >= 0.3 is 0 Å². The van der Waals surface area contributed by atoms with Crippen LogP contribution in [-0.2, 0) is 0 Å². The molecule has 84 valence electrons. The fourth-order valence-corrected chi connectivity index (χ4v) is 1.23. The zero-order valence-corrected chi connectivity index (χ0v) is 9.63. The summed E-state index contributed by atoms with van der Waals surface area (Å²) in [5.74, 6) is 1.66. The van der Waals surface area contributed by atoms with E-state index in [2.05, 4.69) is 22.2 Å². The van der Waals surface area contributed by atoms with E-state index in [9.17, 15) is 4.79 Å². The first-order valence-electron chi connectivity index (χ1n) is 5.48. The Bertz CT molecular complexity index is 357. The quantitative estimate of drug-likeness (QED) is 0.730. The molecule has 4 heteroatoms. The van der Waals surface area contributed by atoms with Crippen LogP contribution in [0.1, 0.15) is 45.4 Å². The monoisotopic (exact) mass is 209 g/mol. The molecule has 0 saturated carbocycles. The molecule has 0 aliphatic heterocycles. The highest BCUT2D eigenvalue weighted by Gasteiger charge is 2.04. The van der Waals surface area contributed by atoms with Crippen LogP contribution < -0.4 is 10.9 Å². The number of nitrogens with one attached hydrogen (secondary N) is 2. The van der Waals surface area contributed by atoms with Gasteiger partial charge in [-0.2, -0.15) is 0 Å². The zero-order valence-electron chi connectivity index (χ0n) is 9.63. The lowest BCUT2D eigenvalue weighted by molar-refractivity contribution is 0.763. The van der Waals surface area contributed by atoms with Gasteiger partial charge in [-0.3, -0.25) is 4.79 Å². The minimum Gasteiger partial charge on any atom is -0.370 e. The highest BCUT2D eigenvalue weighted by Crippen LogP contribution is 2.08. The van der Waals surface area contributed by atoms with Crippen LogP contribution in [-0.4, -0.2) is 16.5 Å². The zero-order chi connectivity index (χ0) is 11.3. The summed E-state index contributed by atoms with van der Waals surface area (Å²) in [5, 5.41) is 3.15. The molecule has 0 unspecified atom stereocenters. The summed E-state index contributed by atoms with van der Waals surface area (Å²) in [7, 11) is 0. The Morgan fingerprint density at radius 1 is 1.53 bits per heavy atom. The number of aromatic nitrogens is 2. The molecule has 0 fully saturated rings. The number of rotatable bonds is 5. The standard InChI is InChI=1S/C11H19N3O/c1-4-5-6-12-9-7-10(15)14-11(13-9)8(2)3/h7-8H,4-6H2,1-3H3,(H2,12,13,14,15). The molecule has 2 N–H and O–H groups in total. The van der Waals surface area contributed by atoms with Gasteiger partial charge in [0.25, 0.3) is 5.56 Å². The average molecular weight is 209 g/mol. The lowest BCUT2D eigenvalue weighted by Crippen LogP contribution is -2.15. The van der Waals surface area contributed by atoms with Crippen LogP contribution in [0.2, 0.25) is 0 Å². The molecule has 1 aromatic rings. The summed E-state index contributed by atoms with van der Waals surface area (Å²) in [6.07, 6.45) is 2.22. The van der Waals surface area contributed by atoms with E-state index in [-0.39, 0.29) is 11.5 Å². The van der Waals surface area contributed by atoms with Crippen molar-refractivity contribution in [2.75, 3.05) is 11.9 Å². The molecule has 0 aliphatic carbocycles. The first-order chi connectivity index (χ1) is 7.13. The van der Waals surface area contributed by atoms with Crippen molar-refractivity contribution in [3.8, 4) is 0 Å². The number of H-pyrrole nitrogens is 1. The van der Waals surface area contributed by atoms with E-state index in [1.807, 2.05) is 13.8 Å². The fraction of sp³-hybridized carbons (Fsp3) is 0.636. The van der Waals surface area contributed by atoms with Crippen LogP contribution in [0, 0.1) is 0 Å². The molecule has 0 saturated heterocycles. The third-order valence-corrected chi connectivity index (χ3v) is 2.14. The van der Waals surface area contributed by atoms with Gasteiger partial charge in [0.1, 0.15) is 11.6 Å². The topological polar surface area (TPSA) is 57.8 Å². The average Bonchev–Trinajstić information content (AvgIpc) is 2.17. The summed E-state index contributed by atoms with van der Waals surface area (Å²) < 4.78 is 0. The second kappa shape index (κ2) is 5.53. The normalized spacial score (nSPS) is 10.7. The van der Waals surface area contributed by atoms with E-state index >= 15 is 0 Å². The smallest absolute Gasteiger partial charge is 0.252 e. The summed E-state index contributed by atoms with van der Waals surface area (Å²) in [5.41, 5.74) is -0.0901. The molecular formula is C11H19N3O. The van der Waals surface area contributed by atoms with E-state index in [4.69, 9.17) is 0 Å². The maximum Gasteiger partial charge on any atom is 0.252 e. The molecule has 0 aromatic carbocycles. The minimum atomic E-state index is -0.0901. The Morgan fingerprint density at radius 2 is 2.27 bits per heavy atom. The third kappa shape index (κ3) is 3.73. The predicted octanol–water partition coefficient (Wildman–Crippen LogP) is 2.11. The Kier molecular flexibility index (Phi) is 4.34. The number of hydrogen-bond acceptors (Lipinski definition) is 3. The van der Waals surface area contributed by atoms with Gasteiger partial charge in [0, 0.05) is 18.5 Å². The molecule has 15 heavy (non-hydrogen) atoms. The number of anilines is 1. The molecule has 1 rings (SSSR count). The van der Waals surface area contributed by atoms with Crippen LogP contribution in [0.4, 0.5) is 5.82 Å². The van der Waals surface area contributed by atoms with Crippen molar-refractivity contribution in [1.82, 2.24) is 9.97 Å². The summed E-state index contributed by atoms with van der Waals surface area (Å²) in [6, 6.07) is 1.50. The Balaban J connectivity index is 2.75. The van der Waals surface area contributed by atoms with Crippen LogP contribution in [0.5, 0.6) is 0 Å². The lowest BCUT2D eigenvalue weighted by Gasteiger charge is -2.08. The third-order valence-electron chi connectivity index (χ3n) is 2.14. The van der Waals surface area contributed by atoms with Gasteiger partial charge in [-0.05, 0) is 6.42 Å². The summed E-state index contributed by atoms with van der Waals surface area (Å²) in [4.78, 5) is 18.4. The Labute approximate surface area is 90.1 Å². The van der Waals surface area contributed by atoms with Crippen molar-refractivity contribution in [3.05, 3.63) is 22.2 Å². The maximum absolute atomic E-state index is 11.3. The van der Waals surface area contributed by atoms with Crippen molar-refractivity contribution < 1.29 is 0 Å². The van der Waals surface area contributed by atoms with Crippen molar-refractivity contribution >= 4 is 5.82 Å². The molecule has 0 atom stereocenters. The number of unbranched alkanes of at least 4 members (excludes halogenated alkanes) is 1. The van der Waals surface area contributed by atoms with E-state index < -0.39 is 0 Å². The summed E-state index contributed by atoms with van der Waals surface area (Å²) >= 11 is 0. The van der Waals surface area contributed by atoms with E-state index in [1.165, 1.54) is 6.07 Å². The molecule has 0 amide bonds. The van der Waals surface area contributed by atoms with Crippen molar-refractivity contribution in [1.29, 1.82) is 0 Å². The first-order valence-corrected chi connectivity index (χ1v) is 5.48. The van der Waals surface area contributed by atoms with Gasteiger partial charge in [0.05, 0.1) is 0 Å². The maximum atomic E-state index is 11.3. The second-order valence-corrected chi connectivity index (χ2v) is 3.95. The highest BCUT2D eigenvalue weighted by atomic mass is 16.1. The number of nitrogens with zero attached hydrogens (tertiary/aromatic N) is 1. The van der Waals surface area contributed by atoms with Crippen LogP contribution >= 0.6 is 0 Å². The Morgan fingerprint density at radius 3 is 2.87 bits per heavy atom. The molecular weight excluding hydrogens is 190 g/mol. The molecule has 0 radical (unpaired) electrons. The summed E-state index contributed by atoms with van der Waals surface area (Å²) in [6.45, 7) is 7.01.